The van der Waals surface area contributed by atoms with Crippen LogP contribution in [0.5, 0.6) is 0 Å². The number of fused-ring (bicyclic) bond motifs is 1. The van der Waals surface area contributed by atoms with Crippen LogP contribution in [-0.2, 0) is 10.7 Å². The van der Waals surface area contributed by atoms with Crippen molar-refractivity contribution >= 4 is 18.4 Å². The van der Waals surface area contributed by atoms with Crippen molar-refractivity contribution in [3.8, 4) is 0 Å². The summed E-state index contributed by atoms with van der Waals surface area (Å²) in [6.07, 6.45) is -0.419. The molecule has 2 aromatic carbocycles. The molecule has 0 N–H and O–H groups in total. The Morgan fingerprint density at radius 1 is 0.941 bits per heavy atom. The van der Waals surface area contributed by atoms with E-state index in [0.29, 0.717) is 5.56 Å². The maximum atomic E-state index is 10.6. The molecule has 0 aliphatic heterocycles. The Bertz CT molecular complexity index is 539. The predicted molar refractivity (Wildman–Crippen MR) is 55.3 cm³/mol. The van der Waals surface area contributed by atoms with Crippen LogP contribution < -0.4 is 68.9 Å². The molecule has 0 unspecified atom stereocenters. The van der Waals surface area contributed by atoms with Crippen molar-refractivity contribution in [3.63, 3.8) is 0 Å². The van der Waals surface area contributed by atoms with Crippen molar-refractivity contribution in [2.24, 2.45) is 0 Å². The fourth-order valence-electron chi connectivity index (χ4n) is 1.56. The molecule has 0 amide bonds. The van der Waals surface area contributed by atoms with Crippen molar-refractivity contribution in [1.29, 1.82) is 0 Å². The normalized spacial score (nSPS) is 10.5. The summed E-state index contributed by atoms with van der Waals surface area (Å²) in [6, 6.07) is 12.8. The Balaban J connectivity index is 0.00000128. The summed E-state index contributed by atoms with van der Waals surface area (Å²) in [5.41, 5.74) is 0.544. The molecule has 2 aromatic rings. The summed E-state index contributed by atoms with van der Waals surface area (Å²) in [7, 11) is -4.47. The second-order valence-electron chi connectivity index (χ2n) is 3.45. The molecule has 0 aliphatic rings. The van der Waals surface area contributed by atoms with E-state index < -0.39 is 13.8 Å². The fourth-order valence-corrected chi connectivity index (χ4v) is 2.20. The van der Waals surface area contributed by atoms with Gasteiger partial charge >= 0.3 is 59.1 Å². The van der Waals surface area contributed by atoms with Gasteiger partial charge in [0.25, 0.3) is 0 Å². The van der Waals surface area contributed by atoms with Crippen LogP contribution in [-0.4, -0.2) is 0 Å². The van der Waals surface area contributed by atoms with Gasteiger partial charge in [0.05, 0.1) is 0 Å². The van der Waals surface area contributed by atoms with Gasteiger partial charge in [-0.3, -0.25) is 0 Å². The minimum Gasteiger partial charge on any atom is -0.810 e. The minimum atomic E-state index is -4.47. The summed E-state index contributed by atoms with van der Waals surface area (Å²) in [6.45, 7) is 0. The Kier molecular flexibility index (Phi) is 7.81. The molecule has 0 saturated carbocycles. The van der Waals surface area contributed by atoms with Crippen LogP contribution >= 0.6 is 7.60 Å². The number of hydrogen-bond acceptors (Lipinski definition) is 3. The molecular weight excluding hydrogens is 257 g/mol. The molecule has 17 heavy (non-hydrogen) atoms. The van der Waals surface area contributed by atoms with Gasteiger partial charge in [-0.2, -0.15) is 0 Å². The molecule has 0 bridgehead atoms. The first kappa shape index (κ1) is 17.8. The van der Waals surface area contributed by atoms with Gasteiger partial charge in [0.1, 0.15) is 0 Å². The van der Waals surface area contributed by atoms with E-state index in [0.717, 1.165) is 10.8 Å². The maximum absolute atomic E-state index is 10.6. The Morgan fingerprint density at radius 3 is 2.12 bits per heavy atom. The fraction of sp³-hybridized carbons (Fsp3) is 0.0909. The zero-order valence-electron chi connectivity index (χ0n) is 9.92. The van der Waals surface area contributed by atoms with E-state index in [4.69, 9.17) is 0 Å². The van der Waals surface area contributed by atoms with E-state index in [1.165, 1.54) is 0 Å². The van der Waals surface area contributed by atoms with Crippen LogP contribution in [0.3, 0.4) is 0 Å². The van der Waals surface area contributed by atoms with Gasteiger partial charge in [-0.05, 0) is 16.3 Å². The summed E-state index contributed by atoms with van der Waals surface area (Å²) >= 11 is 0. The van der Waals surface area contributed by atoms with E-state index in [1.54, 1.807) is 12.1 Å². The molecule has 3 nitrogen and oxygen atoms in total. The predicted octanol–water partition coefficient (Wildman–Crippen LogP) is -4.74. The van der Waals surface area contributed by atoms with Gasteiger partial charge in [0.15, 0.2) is 0 Å². The largest absolute Gasteiger partial charge is 1.00 e. The van der Waals surface area contributed by atoms with Crippen LogP contribution in [0.2, 0.25) is 0 Å². The van der Waals surface area contributed by atoms with Crippen LogP contribution in [0, 0.1) is 0 Å². The van der Waals surface area contributed by atoms with E-state index in [2.05, 4.69) is 0 Å². The van der Waals surface area contributed by atoms with Gasteiger partial charge in [0.2, 0.25) is 0 Å². The SMILES string of the molecule is O=P([O-])([O-])Cc1ccc2ccccc2c1.[Na+].[Na+]. The molecule has 78 valence electrons. The average molecular weight is 266 g/mol. The van der Waals surface area contributed by atoms with Crippen LogP contribution in [0.4, 0.5) is 0 Å². The molecular formula is C11H9Na2O3P. The van der Waals surface area contributed by atoms with Gasteiger partial charge in [0, 0.05) is 6.16 Å². The van der Waals surface area contributed by atoms with Crippen molar-refractivity contribution in [1.82, 2.24) is 0 Å². The number of hydrogen-bond donors (Lipinski definition) is 0. The van der Waals surface area contributed by atoms with E-state index in [9.17, 15) is 14.4 Å². The van der Waals surface area contributed by atoms with Gasteiger partial charge in [-0.25, -0.2) is 0 Å². The van der Waals surface area contributed by atoms with E-state index in [1.807, 2.05) is 30.3 Å². The average Bonchev–Trinajstić information content (AvgIpc) is 2.15. The Hall–Kier alpha value is 0.850. The molecule has 0 heterocycles. The zero-order chi connectivity index (χ0) is 10.9. The zero-order valence-corrected chi connectivity index (χ0v) is 14.8. The third kappa shape index (κ3) is 5.56. The summed E-state index contributed by atoms with van der Waals surface area (Å²) in [4.78, 5) is 21.2. The summed E-state index contributed by atoms with van der Waals surface area (Å²) in [5.74, 6) is 0. The minimum absolute atomic E-state index is 0. The second kappa shape index (κ2) is 7.44. The molecule has 0 atom stereocenters. The standard InChI is InChI=1S/C11H11O3P.2Na/c12-15(13,14)8-9-5-6-10-3-1-2-4-11(10)7-9;;/h1-7H,8H2,(H2,12,13,14);;/q;2*+1/p-2. The smallest absolute Gasteiger partial charge is 0.810 e. The second-order valence-corrected chi connectivity index (χ2v) is 4.99. The van der Waals surface area contributed by atoms with Gasteiger partial charge in [-0.1, -0.05) is 50.1 Å². The molecule has 2 rings (SSSR count). The Labute approximate surface area is 144 Å². The van der Waals surface area contributed by atoms with E-state index >= 15 is 0 Å². The third-order valence-electron chi connectivity index (χ3n) is 2.19. The van der Waals surface area contributed by atoms with Crippen molar-refractivity contribution < 1.29 is 73.5 Å². The maximum Gasteiger partial charge on any atom is 1.00 e. The molecule has 0 spiro atoms. The molecule has 0 aliphatic carbocycles. The number of rotatable bonds is 2. The van der Waals surface area contributed by atoms with Crippen LogP contribution in [0.1, 0.15) is 5.56 Å². The van der Waals surface area contributed by atoms with Crippen molar-refractivity contribution in [2.45, 2.75) is 6.16 Å². The summed E-state index contributed by atoms with van der Waals surface area (Å²) in [5, 5.41) is 1.98. The van der Waals surface area contributed by atoms with Gasteiger partial charge in [-0.15, -0.1) is 0 Å². The topological polar surface area (TPSA) is 63.2 Å². The monoisotopic (exact) mass is 266 g/mol. The van der Waals surface area contributed by atoms with Crippen molar-refractivity contribution in [3.05, 3.63) is 48.0 Å². The third-order valence-corrected chi connectivity index (χ3v) is 2.94. The van der Waals surface area contributed by atoms with Gasteiger partial charge < -0.3 is 14.4 Å². The first-order valence-corrected chi connectivity index (χ1v) is 6.26. The molecule has 0 saturated heterocycles. The molecule has 0 radical (unpaired) electrons. The molecule has 0 fully saturated rings. The van der Waals surface area contributed by atoms with E-state index in [-0.39, 0.29) is 59.1 Å². The van der Waals surface area contributed by atoms with Crippen molar-refractivity contribution in [2.75, 3.05) is 0 Å². The number of benzene rings is 2. The first-order chi connectivity index (χ1) is 7.04. The van der Waals surface area contributed by atoms with Crippen LogP contribution in [0.25, 0.3) is 10.8 Å². The first-order valence-electron chi connectivity index (χ1n) is 4.53. The Morgan fingerprint density at radius 2 is 1.53 bits per heavy atom. The molecule has 0 aromatic heterocycles. The summed E-state index contributed by atoms with van der Waals surface area (Å²) < 4.78 is 10.6. The quantitative estimate of drug-likeness (QED) is 0.405. The van der Waals surface area contributed by atoms with Crippen LogP contribution in [0.15, 0.2) is 42.5 Å². The molecule has 6 heteroatoms.